The van der Waals surface area contributed by atoms with Crippen molar-refractivity contribution in [1.82, 2.24) is 0 Å². The Hall–Kier alpha value is -8.88. The van der Waals surface area contributed by atoms with Crippen LogP contribution in [-0.2, 0) is 21.1 Å². The molecule has 6 heterocycles. The van der Waals surface area contributed by atoms with E-state index in [1.54, 1.807) is 37.3 Å². The summed E-state index contributed by atoms with van der Waals surface area (Å²) in [5, 5.41) is 12.3. The minimum Gasteiger partial charge on any atom is -0.455 e. The monoisotopic (exact) mass is 1330 g/mol. The Labute approximate surface area is 579 Å². The lowest BCUT2D eigenvalue weighted by Crippen LogP contribution is -2.43. The average molecular weight is 1330 g/mol. The molecular formula is C85H90F2N3O3Si3+3. The van der Waals surface area contributed by atoms with Crippen molar-refractivity contribution in [3.05, 3.63) is 213 Å². The SMILES string of the molecule is [2H]C([2H])([2H])c1cc2c(oc3c(C)c(F)ccc32)c(-c2cc([Si](C)(C)C)c3ccc(C)cc3[n+]2C)c1C.[2H]C([2H])([2H])c1cc2c(oc3cc(F)ccc32)c(-c2cc([Si](C)(C)C)c3ccc(C)cc3[n+]2C)c1C.[2H]C([2H])([2H])c1cc2c(oc3ccccc32)c(-c2cc([Si](C)(C)C)c3ccc(C)cc3[n+]2C)c1C. The number of aryl methyl sites for hydroxylation is 10. The van der Waals surface area contributed by atoms with Crippen LogP contribution in [0.2, 0.25) is 58.9 Å². The fourth-order valence-electron chi connectivity index (χ4n) is 14.4. The van der Waals surface area contributed by atoms with E-state index in [0.29, 0.717) is 60.7 Å². The van der Waals surface area contributed by atoms with E-state index in [0.717, 1.165) is 94.3 Å². The third-order valence-electron chi connectivity index (χ3n) is 19.8. The quantitative estimate of drug-likeness (QED) is 0.123. The highest BCUT2D eigenvalue weighted by Gasteiger charge is 2.34. The molecule has 0 N–H and O–H groups in total. The van der Waals surface area contributed by atoms with Gasteiger partial charge in [-0.15, -0.1) is 0 Å². The summed E-state index contributed by atoms with van der Waals surface area (Å²) in [4.78, 5) is 0. The third kappa shape index (κ3) is 11.1. The molecule has 0 atom stereocenters. The Morgan fingerprint density at radius 3 is 1.09 bits per heavy atom. The van der Waals surface area contributed by atoms with E-state index in [1.807, 2.05) is 59.1 Å². The van der Waals surface area contributed by atoms with Gasteiger partial charge in [-0.2, -0.15) is 13.7 Å². The van der Waals surface area contributed by atoms with Crippen LogP contribution in [-0.4, -0.2) is 24.2 Å². The maximum atomic E-state index is 14.5. The predicted octanol–water partition coefficient (Wildman–Crippen LogP) is 20.7. The number of fused-ring (bicyclic) bond motifs is 12. The van der Waals surface area contributed by atoms with Crippen molar-refractivity contribution < 1.29 is 48.1 Å². The molecule has 15 rings (SSSR count). The summed E-state index contributed by atoms with van der Waals surface area (Å²) >= 11 is 0. The zero-order chi connectivity index (χ0) is 76.3. The van der Waals surface area contributed by atoms with Gasteiger partial charge in [-0.1, -0.05) is 95.3 Å². The molecule has 0 aliphatic rings. The van der Waals surface area contributed by atoms with E-state index in [4.69, 9.17) is 25.6 Å². The first-order valence-corrected chi connectivity index (χ1v) is 43.4. The fourth-order valence-corrected chi connectivity index (χ4v) is 19.1. The molecule has 486 valence electrons. The van der Waals surface area contributed by atoms with Gasteiger partial charge < -0.3 is 13.3 Å². The standard InChI is InChI=1S/C29H31FNOSi.C28H29FNOSi.C28H30NOSi/c1-16-9-10-21-24(13-16)31(5)25(15-26(21)33(6,7)8)27-18(3)17(2)14-22-20-11-12-23(30)19(4)28(20)32-29(22)27;1-16-8-10-21-23(12-16)30(4)24(15-26(21)32(5,6)7)27-18(3)17(2)13-22-20-11-9-19(29)14-25(20)31-28(22)27;1-17-12-13-21-23(14-17)29(4)24(16-26(21)31(5,6)7)27-19(3)18(2)15-22-20-10-8-9-11-25(20)30-28(22)27/h9-15H,1-8H3;8-15H,1-7H3;8-16H,1-7H3/q3*+1/i3*2D3. The van der Waals surface area contributed by atoms with Crippen molar-refractivity contribution in [2.45, 2.75) is 128 Å². The molecule has 0 fully saturated rings. The van der Waals surface area contributed by atoms with E-state index in [1.165, 1.54) is 55.5 Å². The highest BCUT2D eigenvalue weighted by molar-refractivity contribution is 6.91. The number of nitrogens with zero attached hydrogens (tertiary/aromatic N) is 3. The van der Waals surface area contributed by atoms with Crippen LogP contribution in [0.3, 0.4) is 0 Å². The van der Waals surface area contributed by atoms with Gasteiger partial charge in [-0.3, -0.25) is 0 Å². The molecule has 0 radical (unpaired) electrons. The highest BCUT2D eigenvalue weighted by Crippen LogP contribution is 2.43. The zero-order valence-corrected chi connectivity index (χ0v) is 61.7. The highest BCUT2D eigenvalue weighted by atomic mass is 28.3. The number of rotatable bonds is 6. The Balaban J connectivity index is 0.000000140. The lowest BCUT2D eigenvalue weighted by molar-refractivity contribution is -0.633. The van der Waals surface area contributed by atoms with Crippen molar-refractivity contribution in [1.29, 1.82) is 0 Å². The Kier molecular flexibility index (Phi) is 13.7. The number of hydrogen-bond acceptors (Lipinski definition) is 3. The lowest BCUT2D eigenvalue weighted by atomic mass is 9.95. The molecule has 0 saturated heterocycles. The predicted molar refractivity (Wildman–Crippen MR) is 410 cm³/mol. The molecule has 6 nitrogen and oxygen atoms in total. The van der Waals surface area contributed by atoms with Crippen LogP contribution in [0.4, 0.5) is 8.78 Å². The molecule has 96 heavy (non-hydrogen) atoms. The summed E-state index contributed by atoms with van der Waals surface area (Å²) in [5.41, 5.74) is 19.0. The van der Waals surface area contributed by atoms with Crippen LogP contribution in [0, 0.1) is 80.7 Å². The average Bonchev–Trinajstić information content (AvgIpc) is 1.07. The van der Waals surface area contributed by atoms with Crippen molar-refractivity contribution >= 4 is 138 Å². The molecule has 0 bridgehead atoms. The summed E-state index contributed by atoms with van der Waals surface area (Å²) in [6.07, 6.45) is 0. The van der Waals surface area contributed by atoms with Crippen molar-refractivity contribution in [2.24, 2.45) is 21.1 Å². The molecule has 0 unspecified atom stereocenters. The smallest absolute Gasteiger partial charge is 0.216 e. The van der Waals surface area contributed by atoms with Gasteiger partial charge in [0.2, 0.25) is 33.6 Å². The van der Waals surface area contributed by atoms with Gasteiger partial charge in [0.05, 0.1) is 40.9 Å². The van der Waals surface area contributed by atoms with Crippen LogP contribution < -0.4 is 29.3 Å². The Bertz CT molecular complexity index is 6160. The second kappa shape index (κ2) is 23.7. The van der Waals surface area contributed by atoms with Gasteiger partial charge in [0.25, 0.3) is 0 Å². The molecule has 6 aromatic heterocycles. The first-order chi connectivity index (χ1) is 48.8. The van der Waals surface area contributed by atoms with Gasteiger partial charge in [0, 0.05) is 109 Å². The maximum Gasteiger partial charge on any atom is 0.216 e. The largest absolute Gasteiger partial charge is 0.455 e. The molecule has 0 aliphatic carbocycles. The lowest BCUT2D eigenvalue weighted by Gasteiger charge is -2.20. The summed E-state index contributed by atoms with van der Waals surface area (Å²) in [6, 6.07) is 46.9. The van der Waals surface area contributed by atoms with Gasteiger partial charge in [0.15, 0.2) is 0 Å². The molecule has 15 aromatic rings. The molecule has 0 amide bonds. The maximum absolute atomic E-state index is 14.5. The Morgan fingerprint density at radius 2 is 0.688 bits per heavy atom. The van der Waals surface area contributed by atoms with Crippen molar-refractivity contribution in [2.75, 3.05) is 0 Å². The van der Waals surface area contributed by atoms with Crippen LogP contribution in [0.1, 0.15) is 68.0 Å². The first-order valence-electron chi connectivity index (χ1n) is 37.4. The number of halogens is 2. The number of hydrogen-bond donors (Lipinski definition) is 0. The summed E-state index contributed by atoms with van der Waals surface area (Å²) in [7, 11) is 0.809. The van der Waals surface area contributed by atoms with Crippen molar-refractivity contribution in [3.63, 3.8) is 0 Å². The summed E-state index contributed by atoms with van der Waals surface area (Å²) in [6.45, 7) is 27.7. The zero-order valence-electron chi connectivity index (χ0n) is 67.7. The minimum absolute atomic E-state index is 0.283. The van der Waals surface area contributed by atoms with Crippen LogP contribution >= 0.6 is 0 Å². The third-order valence-corrected chi connectivity index (χ3v) is 25.9. The van der Waals surface area contributed by atoms with Gasteiger partial charge in [-0.25, -0.2) is 8.78 Å². The minimum atomic E-state index is -2.31. The second-order valence-electron chi connectivity index (χ2n) is 29.7. The van der Waals surface area contributed by atoms with E-state index < -0.39 is 50.6 Å². The molecule has 11 heteroatoms. The van der Waals surface area contributed by atoms with Gasteiger partial charge in [-0.05, 0) is 201 Å². The van der Waals surface area contributed by atoms with Crippen LogP contribution in [0.15, 0.2) is 159 Å². The number of aromatic nitrogens is 3. The molecule has 0 spiro atoms. The van der Waals surface area contributed by atoms with Crippen LogP contribution in [0.5, 0.6) is 0 Å². The second-order valence-corrected chi connectivity index (χ2v) is 44.8. The van der Waals surface area contributed by atoms with E-state index in [9.17, 15) is 8.78 Å². The molecular weight excluding hydrogens is 1230 g/mol. The summed E-state index contributed by atoms with van der Waals surface area (Å²) in [5.74, 6) is -0.734. The Morgan fingerprint density at radius 1 is 0.333 bits per heavy atom. The van der Waals surface area contributed by atoms with Gasteiger partial charge in [0.1, 0.15) is 66.3 Å². The van der Waals surface area contributed by atoms with E-state index in [2.05, 4.69) is 173 Å². The number of para-hydroxylation sites is 1. The fraction of sp³-hybridized carbons (Fsp3) is 0.259. The van der Waals surface area contributed by atoms with E-state index in [-0.39, 0.29) is 16.9 Å². The normalized spacial score (nSPS) is 14.2. The molecule has 0 saturated carbocycles. The molecule has 0 aliphatic heterocycles. The van der Waals surface area contributed by atoms with Gasteiger partial charge >= 0.3 is 0 Å². The van der Waals surface area contributed by atoms with E-state index >= 15 is 0 Å². The van der Waals surface area contributed by atoms with Crippen LogP contribution in [0.25, 0.3) is 132 Å². The van der Waals surface area contributed by atoms with Crippen molar-refractivity contribution in [3.8, 4) is 33.8 Å². The number of furan rings is 3. The number of benzene rings is 9. The summed E-state index contributed by atoms with van der Waals surface area (Å²) < 4.78 is 128. The number of pyridine rings is 3. The first kappa shape index (κ1) is 55.3. The topological polar surface area (TPSA) is 51.1 Å². The molecule has 9 aromatic carbocycles.